The normalized spacial score (nSPS) is 16.4. The van der Waals surface area contributed by atoms with Crippen molar-refractivity contribution in [2.75, 3.05) is 10.8 Å². The third kappa shape index (κ3) is 3.46. The maximum absolute atomic E-state index is 13.0. The maximum Gasteiger partial charge on any atom is 0.264 e. The predicted octanol–water partition coefficient (Wildman–Crippen LogP) is 3.36. The minimum absolute atomic E-state index is 0.113. The average Bonchev–Trinajstić information content (AvgIpc) is 2.98. The van der Waals surface area contributed by atoms with Crippen molar-refractivity contribution in [3.8, 4) is 0 Å². The van der Waals surface area contributed by atoms with Gasteiger partial charge in [0.05, 0.1) is 10.6 Å². The molecule has 0 saturated heterocycles. The predicted molar refractivity (Wildman–Crippen MR) is 103 cm³/mol. The molecule has 5 nitrogen and oxygen atoms in total. The van der Waals surface area contributed by atoms with Crippen molar-refractivity contribution in [1.82, 2.24) is 5.32 Å². The molecular weight excluding hydrogens is 348 g/mol. The topological polar surface area (TPSA) is 66.5 Å². The molecule has 1 aliphatic heterocycles. The fourth-order valence-corrected chi connectivity index (χ4v) is 5.01. The van der Waals surface area contributed by atoms with E-state index >= 15 is 0 Å². The molecular formula is C20H24N2O3S. The molecule has 26 heavy (non-hydrogen) atoms. The first-order valence-corrected chi connectivity index (χ1v) is 10.4. The standard InChI is InChI=1S/C20H24N2O3S/c1-3-4-12-21-20(23)16-10-11-19-17(14-16)13-15(2)22(19)26(24,25)18-8-6-5-7-9-18/h5-11,14-15H,3-4,12-13H2,1-2H3,(H,21,23)/t15-/m0/s1. The first-order chi connectivity index (χ1) is 12.4. The van der Waals surface area contributed by atoms with Crippen molar-refractivity contribution >= 4 is 21.6 Å². The van der Waals surface area contributed by atoms with Gasteiger partial charge in [-0.15, -0.1) is 0 Å². The molecule has 1 amide bonds. The Balaban J connectivity index is 1.89. The summed E-state index contributed by atoms with van der Waals surface area (Å²) in [5.74, 6) is -0.113. The van der Waals surface area contributed by atoms with Gasteiger partial charge in [-0.1, -0.05) is 31.5 Å². The lowest BCUT2D eigenvalue weighted by Gasteiger charge is -2.24. The van der Waals surface area contributed by atoms with Crippen LogP contribution < -0.4 is 9.62 Å². The number of nitrogens with one attached hydrogen (secondary N) is 1. The number of benzene rings is 2. The van der Waals surface area contributed by atoms with Crippen molar-refractivity contribution in [2.45, 2.75) is 44.0 Å². The quantitative estimate of drug-likeness (QED) is 0.791. The number of sulfonamides is 1. The van der Waals surface area contributed by atoms with Crippen LogP contribution in [0.1, 0.15) is 42.6 Å². The number of carbonyl (C=O) groups is 1. The fourth-order valence-electron chi connectivity index (χ4n) is 3.30. The van der Waals surface area contributed by atoms with Gasteiger partial charge < -0.3 is 5.32 Å². The number of fused-ring (bicyclic) bond motifs is 1. The van der Waals surface area contributed by atoms with Gasteiger partial charge in [-0.05, 0) is 55.7 Å². The largest absolute Gasteiger partial charge is 0.352 e. The first-order valence-electron chi connectivity index (χ1n) is 8.95. The van der Waals surface area contributed by atoms with Crippen molar-refractivity contribution in [3.63, 3.8) is 0 Å². The summed E-state index contributed by atoms with van der Waals surface area (Å²) in [6.07, 6.45) is 2.56. The van der Waals surface area contributed by atoms with E-state index in [1.54, 1.807) is 42.5 Å². The zero-order valence-corrected chi connectivity index (χ0v) is 15.9. The Bertz CT molecular complexity index is 895. The highest BCUT2D eigenvalue weighted by Crippen LogP contribution is 2.37. The second kappa shape index (κ2) is 7.50. The van der Waals surface area contributed by atoms with Gasteiger partial charge in [0.25, 0.3) is 15.9 Å². The van der Waals surface area contributed by atoms with E-state index in [4.69, 9.17) is 0 Å². The number of nitrogens with zero attached hydrogens (tertiary/aromatic N) is 1. The summed E-state index contributed by atoms with van der Waals surface area (Å²) in [7, 11) is -3.62. The van der Waals surface area contributed by atoms with Gasteiger partial charge in [0.2, 0.25) is 0 Å². The van der Waals surface area contributed by atoms with Crippen LogP contribution in [-0.2, 0) is 16.4 Å². The van der Waals surface area contributed by atoms with Gasteiger partial charge in [0, 0.05) is 18.2 Å². The van der Waals surface area contributed by atoms with Crippen LogP contribution in [0.15, 0.2) is 53.4 Å². The van der Waals surface area contributed by atoms with Crippen LogP contribution in [0.3, 0.4) is 0 Å². The van der Waals surface area contributed by atoms with Crippen molar-refractivity contribution in [3.05, 3.63) is 59.7 Å². The summed E-state index contributed by atoms with van der Waals surface area (Å²) in [5.41, 5.74) is 2.12. The molecule has 138 valence electrons. The van der Waals surface area contributed by atoms with E-state index in [1.807, 2.05) is 13.0 Å². The SMILES string of the molecule is CCCCNC(=O)c1ccc2c(c1)C[C@H](C)N2S(=O)(=O)c1ccccc1. The average molecular weight is 372 g/mol. The van der Waals surface area contributed by atoms with E-state index in [2.05, 4.69) is 12.2 Å². The number of rotatable bonds is 6. The second-order valence-corrected chi connectivity index (χ2v) is 8.43. The van der Waals surface area contributed by atoms with E-state index in [-0.39, 0.29) is 16.8 Å². The van der Waals surface area contributed by atoms with E-state index in [0.717, 1.165) is 18.4 Å². The van der Waals surface area contributed by atoms with Gasteiger partial charge >= 0.3 is 0 Å². The number of carbonyl (C=O) groups excluding carboxylic acids is 1. The van der Waals surface area contributed by atoms with Crippen LogP contribution in [0.4, 0.5) is 5.69 Å². The summed E-state index contributed by atoms with van der Waals surface area (Å²) >= 11 is 0. The Morgan fingerprint density at radius 1 is 1.19 bits per heavy atom. The summed E-state index contributed by atoms with van der Waals surface area (Å²) < 4.78 is 27.6. The summed E-state index contributed by atoms with van der Waals surface area (Å²) in [4.78, 5) is 12.5. The van der Waals surface area contributed by atoms with E-state index in [1.165, 1.54) is 4.31 Å². The van der Waals surface area contributed by atoms with Crippen LogP contribution in [0.5, 0.6) is 0 Å². The van der Waals surface area contributed by atoms with Gasteiger partial charge in [-0.2, -0.15) is 0 Å². The number of anilines is 1. The highest BCUT2D eigenvalue weighted by atomic mass is 32.2. The van der Waals surface area contributed by atoms with Crippen LogP contribution in [0.25, 0.3) is 0 Å². The first kappa shape index (κ1) is 18.5. The third-order valence-corrected chi connectivity index (χ3v) is 6.55. The third-order valence-electron chi connectivity index (χ3n) is 4.61. The molecule has 0 fully saturated rings. The summed E-state index contributed by atoms with van der Waals surface area (Å²) in [6, 6.07) is 13.5. The molecule has 2 aromatic rings. The molecule has 6 heteroatoms. The summed E-state index contributed by atoms with van der Waals surface area (Å²) in [6.45, 7) is 4.61. The Kier molecular flexibility index (Phi) is 5.32. The van der Waals surface area contributed by atoms with Gasteiger partial charge in [-0.25, -0.2) is 8.42 Å². The number of hydrogen-bond donors (Lipinski definition) is 1. The van der Waals surface area contributed by atoms with Gasteiger partial charge in [-0.3, -0.25) is 9.10 Å². The highest BCUT2D eigenvalue weighted by Gasteiger charge is 2.36. The molecule has 0 spiro atoms. The summed E-state index contributed by atoms with van der Waals surface area (Å²) in [5, 5.41) is 2.90. The van der Waals surface area contributed by atoms with E-state index in [0.29, 0.717) is 24.2 Å². The number of hydrogen-bond acceptors (Lipinski definition) is 3. The van der Waals surface area contributed by atoms with Crippen molar-refractivity contribution < 1.29 is 13.2 Å². The maximum atomic E-state index is 13.0. The molecule has 0 radical (unpaired) electrons. The van der Waals surface area contributed by atoms with Gasteiger partial charge in [0.1, 0.15) is 0 Å². The Labute approximate surface area is 155 Å². The van der Waals surface area contributed by atoms with E-state index in [9.17, 15) is 13.2 Å². The molecule has 0 aliphatic carbocycles. The molecule has 0 unspecified atom stereocenters. The lowest BCUT2D eigenvalue weighted by Crippen LogP contribution is -2.35. The van der Waals surface area contributed by atoms with Crippen LogP contribution in [-0.4, -0.2) is 26.9 Å². The Hall–Kier alpha value is -2.34. The van der Waals surface area contributed by atoms with E-state index < -0.39 is 10.0 Å². The molecule has 0 bridgehead atoms. The van der Waals surface area contributed by atoms with Crippen molar-refractivity contribution in [2.24, 2.45) is 0 Å². The molecule has 1 heterocycles. The minimum atomic E-state index is -3.62. The van der Waals surface area contributed by atoms with Crippen LogP contribution in [0, 0.1) is 0 Å². The lowest BCUT2D eigenvalue weighted by atomic mass is 10.1. The molecule has 1 atom stereocenters. The lowest BCUT2D eigenvalue weighted by molar-refractivity contribution is 0.0953. The van der Waals surface area contributed by atoms with Crippen molar-refractivity contribution in [1.29, 1.82) is 0 Å². The zero-order valence-electron chi connectivity index (χ0n) is 15.1. The zero-order chi connectivity index (χ0) is 18.7. The van der Waals surface area contributed by atoms with Crippen LogP contribution >= 0.6 is 0 Å². The molecule has 1 aliphatic rings. The van der Waals surface area contributed by atoms with Crippen LogP contribution in [0.2, 0.25) is 0 Å². The number of unbranched alkanes of at least 4 members (excludes halogenated alkanes) is 1. The fraction of sp³-hybridized carbons (Fsp3) is 0.350. The molecule has 3 rings (SSSR count). The Morgan fingerprint density at radius 3 is 2.62 bits per heavy atom. The molecule has 0 saturated carbocycles. The molecule has 0 aromatic heterocycles. The highest BCUT2D eigenvalue weighted by molar-refractivity contribution is 7.92. The second-order valence-electron chi connectivity index (χ2n) is 6.62. The minimum Gasteiger partial charge on any atom is -0.352 e. The van der Waals surface area contributed by atoms with Gasteiger partial charge in [0.15, 0.2) is 0 Å². The Morgan fingerprint density at radius 2 is 1.92 bits per heavy atom. The monoisotopic (exact) mass is 372 g/mol. The molecule has 1 N–H and O–H groups in total. The smallest absolute Gasteiger partial charge is 0.264 e. The molecule has 2 aromatic carbocycles. The number of amides is 1.